The summed E-state index contributed by atoms with van der Waals surface area (Å²) >= 11 is 0. The van der Waals surface area contributed by atoms with Crippen molar-refractivity contribution in [2.45, 2.75) is 26.2 Å². The van der Waals surface area contributed by atoms with Crippen LogP contribution in [-0.2, 0) is 11.2 Å². The number of carbonyl (C=O) groups is 1. The van der Waals surface area contributed by atoms with Crippen LogP contribution < -0.4 is 4.90 Å². The minimum absolute atomic E-state index is 0.206. The highest BCUT2D eigenvalue weighted by Gasteiger charge is 2.21. The summed E-state index contributed by atoms with van der Waals surface area (Å²) in [4.78, 5) is 21.5. The van der Waals surface area contributed by atoms with Crippen LogP contribution in [0.1, 0.15) is 24.1 Å². The third-order valence-corrected chi connectivity index (χ3v) is 5.54. The van der Waals surface area contributed by atoms with Gasteiger partial charge < -0.3 is 9.80 Å². The lowest BCUT2D eigenvalue weighted by Gasteiger charge is -2.25. The van der Waals surface area contributed by atoms with Crippen molar-refractivity contribution in [2.24, 2.45) is 0 Å². The Morgan fingerprint density at radius 1 is 1.03 bits per heavy atom. The molecule has 150 valence electrons. The van der Waals surface area contributed by atoms with Crippen molar-refractivity contribution in [1.82, 2.24) is 9.88 Å². The van der Waals surface area contributed by atoms with Crippen molar-refractivity contribution < 1.29 is 9.18 Å². The van der Waals surface area contributed by atoms with Gasteiger partial charge in [0.2, 0.25) is 5.91 Å². The minimum atomic E-state index is -0.253. The Balaban J connectivity index is 1.46. The molecule has 2 aromatic carbocycles. The largest absolute Gasteiger partial charge is 0.369 e. The number of halogens is 1. The van der Waals surface area contributed by atoms with Gasteiger partial charge in [-0.15, -0.1) is 0 Å². The van der Waals surface area contributed by atoms with Gasteiger partial charge in [-0.25, -0.2) is 4.39 Å². The van der Waals surface area contributed by atoms with Crippen molar-refractivity contribution in [1.29, 1.82) is 0 Å². The number of anilines is 1. The Kier molecular flexibility index (Phi) is 5.74. The van der Waals surface area contributed by atoms with Crippen molar-refractivity contribution >= 4 is 22.5 Å². The van der Waals surface area contributed by atoms with E-state index >= 15 is 0 Å². The third kappa shape index (κ3) is 4.56. The number of aromatic nitrogens is 1. The molecule has 1 amide bonds. The molecular weight excluding hydrogens is 365 g/mol. The second-order valence-corrected chi connectivity index (χ2v) is 7.65. The number of benzene rings is 2. The Labute approximate surface area is 171 Å². The monoisotopic (exact) mass is 391 g/mol. The second kappa shape index (κ2) is 8.60. The number of hydrogen-bond donors (Lipinski definition) is 0. The molecule has 3 aromatic rings. The molecule has 1 aliphatic heterocycles. The van der Waals surface area contributed by atoms with Crippen LogP contribution in [-0.4, -0.2) is 42.0 Å². The van der Waals surface area contributed by atoms with Gasteiger partial charge in [0.05, 0.1) is 5.52 Å². The molecule has 0 atom stereocenters. The van der Waals surface area contributed by atoms with Gasteiger partial charge in [-0.05, 0) is 49.6 Å². The molecule has 29 heavy (non-hydrogen) atoms. The van der Waals surface area contributed by atoms with Gasteiger partial charge in [0, 0.05) is 49.4 Å². The second-order valence-electron chi connectivity index (χ2n) is 7.65. The van der Waals surface area contributed by atoms with Crippen LogP contribution in [0, 0.1) is 12.7 Å². The molecule has 4 rings (SSSR count). The number of hydrogen-bond acceptors (Lipinski definition) is 3. The highest BCUT2D eigenvalue weighted by Crippen LogP contribution is 2.28. The summed E-state index contributed by atoms with van der Waals surface area (Å²) in [6.45, 7) is 5.00. The first kappa shape index (κ1) is 19.4. The summed E-state index contributed by atoms with van der Waals surface area (Å²) in [5.41, 5.74) is 3.92. The summed E-state index contributed by atoms with van der Waals surface area (Å²) in [7, 11) is 0. The van der Waals surface area contributed by atoms with Gasteiger partial charge in [-0.3, -0.25) is 9.78 Å². The van der Waals surface area contributed by atoms with Gasteiger partial charge in [-0.1, -0.05) is 30.3 Å². The molecule has 0 saturated carbocycles. The van der Waals surface area contributed by atoms with Crippen LogP contribution in [0.2, 0.25) is 0 Å². The molecule has 5 heteroatoms. The average Bonchev–Trinajstić information content (AvgIpc) is 2.99. The standard InChI is InChI=1S/C24H26FN3O/c1-18-16-23(21-17-20(25)9-10-22(21)26-18)27-12-5-13-28(15-14-27)24(29)11-8-19-6-3-2-4-7-19/h2-4,6-7,9-10,16-17H,5,8,11-15H2,1H3. The van der Waals surface area contributed by atoms with Gasteiger partial charge in [0.1, 0.15) is 5.82 Å². The van der Waals surface area contributed by atoms with Crippen molar-refractivity contribution in [3.63, 3.8) is 0 Å². The van der Waals surface area contributed by atoms with Gasteiger partial charge in [0.25, 0.3) is 0 Å². The van der Waals surface area contributed by atoms with Crippen molar-refractivity contribution in [2.75, 3.05) is 31.1 Å². The van der Waals surface area contributed by atoms with E-state index in [1.165, 1.54) is 11.6 Å². The summed E-state index contributed by atoms with van der Waals surface area (Å²) < 4.78 is 13.9. The molecule has 1 aromatic heterocycles. The van der Waals surface area contributed by atoms with Crippen LogP contribution in [0.15, 0.2) is 54.6 Å². The van der Waals surface area contributed by atoms with Crippen LogP contribution in [0.5, 0.6) is 0 Å². The summed E-state index contributed by atoms with van der Waals surface area (Å²) in [5, 5.41) is 0.833. The maximum atomic E-state index is 13.9. The molecule has 1 aliphatic rings. The molecule has 0 aliphatic carbocycles. The van der Waals surface area contributed by atoms with Crippen LogP contribution in [0.4, 0.5) is 10.1 Å². The quantitative estimate of drug-likeness (QED) is 0.663. The third-order valence-electron chi connectivity index (χ3n) is 5.54. The topological polar surface area (TPSA) is 36.4 Å². The Bertz CT molecular complexity index is 1010. The highest BCUT2D eigenvalue weighted by atomic mass is 19.1. The molecular formula is C24H26FN3O. The summed E-state index contributed by atoms with van der Waals surface area (Å²) in [6, 6.07) is 16.9. The summed E-state index contributed by atoms with van der Waals surface area (Å²) in [6.07, 6.45) is 2.20. The summed E-state index contributed by atoms with van der Waals surface area (Å²) in [5.74, 6) is -0.0468. The Morgan fingerprint density at radius 3 is 2.69 bits per heavy atom. The molecule has 0 N–H and O–H groups in total. The smallest absolute Gasteiger partial charge is 0.222 e. The van der Waals surface area contributed by atoms with Crippen LogP contribution >= 0.6 is 0 Å². The van der Waals surface area contributed by atoms with E-state index in [-0.39, 0.29) is 11.7 Å². The number of aryl methyl sites for hydroxylation is 2. The Morgan fingerprint density at radius 2 is 1.86 bits per heavy atom. The molecule has 0 radical (unpaired) electrons. The zero-order valence-corrected chi connectivity index (χ0v) is 16.8. The van der Waals surface area contributed by atoms with E-state index < -0.39 is 0 Å². The number of nitrogens with zero attached hydrogens (tertiary/aromatic N) is 3. The number of carbonyl (C=O) groups excluding carboxylic acids is 1. The van der Waals surface area contributed by atoms with E-state index in [1.54, 1.807) is 12.1 Å². The maximum absolute atomic E-state index is 13.9. The van der Waals surface area contributed by atoms with E-state index in [4.69, 9.17) is 0 Å². The van der Waals surface area contributed by atoms with Crippen LogP contribution in [0.3, 0.4) is 0 Å². The zero-order chi connectivity index (χ0) is 20.2. The van der Waals surface area contributed by atoms with Crippen molar-refractivity contribution in [3.8, 4) is 0 Å². The SMILES string of the molecule is Cc1cc(N2CCCN(C(=O)CCc3ccccc3)CC2)c2cc(F)ccc2n1. The van der Waals surface area contributed by atoms with Crippen LogP contribution in [0.25, 0.3) is 10.9 Å². The van der Waals surface area contributed by atoms with E-state index in [9.17, 15) is 9.18 Å². The maximum Gasteiger partial charge on any atom is 0.222 e. The molecule has 0 unspecified atom stereocenters. The lowest BCUT2D eigenvalue weighted by atomic mass is 10.1. The number of amides is 1. The van der Waals surface area contributed by atoms with E-state index in [0.717, 1.165) is 54.8 Å². The molecule has 2 heterocycles. The zero-order valence-electron chi connectivity index (χ0n) is 16.8. The first-order chi connectivity index (χ1) is 14.1. The Hall–Kier alpha value is -2.95. The first-order valence-electron chi connectivity index (χ1n) is 10.2. The molecule has 1 saturated heterocycles. The lowest BCUT2D eigenvalue weighted by Crippen LogP contribution is -2.35. The fourth-order valence-corrected chi connectivity index (χ4v) is 4.03. The van der Waals surface area contributed by atoms with Gasteiger partial charge in [-0.2, -0.15) is 0 Å². The molecule has 0 bridgehead atoms. The lowest BCUT2D eigenvalue weighted by molar-refractivity contribution is -0.130. The van der Waals surface area contributed by atoms with Crippen molar-refractivity contribution in [3.05, 3.63) is 71.7 Å². The normalized spacial score (nSPS) is 14.8. The molecule has 4 nitrogen and oxygen atoms in total. The molecule has 1 fully saturated rings. The molecule has 0 spiro atoms. The van der Waals surface area contributed by atoms with E-state index in [0.29, 0.717) is 13.0 Å². The fourth-order valence-electron chi connectivity index (χ4n) is 4.03. The highest BCUT2D eigenvalue weighted by molar-refractivity contribution is 5.92. The number of rotatable bonds is 4. The minimum Gasteiger partial charge on any atom is -0.369 e. The van der Waals surface area contributed by atoms with Gasteiger partial charge in [0.15, 0.2) is 0 Å². The number of fused-ring (bicyclic) bond motifs is 1. The van der Waals surface area contributed by atoms with E-state index in [1.807, 2.05) is 36.1 Å². The fraction of sp³-hybridized carbons (Fsp3) is 0.333. The predicted octanol–water partition coefficient (Wildman–Crippen LogP) is 4.35. The first-order valence-corrected chi connectivity index (χ1v) is 10.2. The van der Waals surface area contributed by atoms with E-state index in [2.05, 4.69) is 22.0 Å². The average molecular weight is 391 g/mol. The predicted molar refractivity (Wildman–Crippen MR) is 115 cm³/mol. The number of pyridine rings is 1. The van der Waals surface area contributed by atoms with Gasteiger partial charge >= 0.3 is 0 Å².